The highest BCUT2D eigenvalue weighted by atomic mass is 32.1. The lowest BCUT2D eigenvalue weighted by Gasteiger charge is -2.32. The normalized spacial score (nSPS) is 15.5. The molecule has 0 amide bonds. The Hall–Kier alpha value is -2.15. The van der Waals surface area contributed by atoms with Crippen LogP contribution < -0.4 is 15.8 Å². The van der Waals surface area contributed by atoms with Gasteiger partial charge in [-0.15, -0.1) is 0 Å². The van der Waals surface area contributed by atoms with Crippen molar-refractivity contribution in [2.75, 3.05) is 38.5 Å². The zero-order valence-electron chi connectivity index (χ0n) is 16.1. The minimum atomic E-state index is 0.256. The third-order valence-electron chi connectivity index (χ3n) is 4.90. The standard InChI is InChI=1S/C21H28N4OS/c1-16-3-8-19(13-20(16)23-21(22)27)26-15-18-6-4-17(5-7-18)14-25-11-9-24(2)10-12-25/h3-8,13H,9-12,14-15H2,1-2H3,(H3,22,23,27). The Morgan fingerprint density at radius 3 is 2.41 bits per heavy atom. The number of nitrogens with two attached hydrogens (primary N) is 1. The molecule has 144 valence electrons. The number of aryl methyl sites for hydroxylation is 1. The Balaban J connectivity index is 1.53. The van der Waals surface area contributed by atoms with Gasteiger partial charge in [-0.25, -0.2) is 0 Å². The summed E-state index contributed by atoms with van der Waals surface area (Å²) in [4.78, 5) is 4.89. The summed E-state index contributed by atoms with van der Waals surface area (Å²) in [5.74, 6) is 0.792. The van der Waals surface area contributed by atoms with Gasteiger partial charge in [0.2, 0.25) is 0 Å². The first-order valence-electron chi connectivity index (χ1n) is 9.28. The van der Waals surface area contributed by atoms with Gasteiger partial charge in [0.15, 0.2) is 5.11 Å². The van der Waals surface area contributed by atoms with Crippen LogP contribution in [-0.2, 0) is 13.2 Å². The van der Waals surface area contributed by atoms with E-state index in [9.17, 15) is 0 Å². The van der Waals surface area contributed by atoms with Crippen molar-refractivity contribution in [3.63, 3.8) is 0 Å². The Labute approximate surface area is 167 Å². The molecule has 0 spiro atoms. The van der Waals surface area contributed by atoms with Crippen LogP contribution in [0.4, 0.5) is 5.69 Å². The van der Waals surface area contributed by atoms with Gasteiger partial charge in [0.1, 0.15) is 12.4 Å². The van der Waals surface area contributed by atoms with Crippen LogP contribution in [0.3, 0.4) is 0 Å². The van der Waals surface area contributed by atoms with Crippen molar-refractivity contribution >= 4 is 23.0 Å². The van der Waals surface area contributed by atoms with Gasteiger partial charge in [0.05, 0.1) is 0 Å². The molecule has 0 radical (unpaired) electrons. The van der Waals surface area contributed by atoms with Crippen molar-refractivity contribution in [2.45, 2.75) is 20.1 Å². The minimum Gasteiger partial charge on any atom is -0.489 e. The summed E-state index contributed by atoms with van der Waals surface area (Å²) in [6.07, 6.45) is 0. The highest BCUT2D eigenvalue weighted by Crippen LogP contribution is 2.23. The van der Waals surface area contributed by atoms with E-state index in [2.05, 4.69) is 46.4 Å². The lowest BCUT2D eigenvalue weighted by atomic mass is 10.1. The number of benzene rings is 2. The maximum absolute atomic E-state index is 5.93. The summed E-state index contributed by atoms with van der Waals surface area (Å²) in [6, 6.07) is 14.6. The van der Waals surface area contributed by atoms with E-state index in [0.717, 1.165) is 55.3 Å². The summed E-state index contributed by atoms with van der Waals surface area (Å²) < 4.78 is 5.93. The Kier molecular flexibility index (Phi) is 6.66. The molecule has 1 heterocycles. The molecular formula is C21H28N4OS. The lowest BCUT2D eigenvalue weighted by molar-refractivity contribution is 0.148. The fourth-order valence-electron chi connectivity index (χ4n) is 3.13. The molecule has 1 saturated heterocycles. The SMILES string of the molecule is Cc1ccc(OCc2ccc(CN3CCN(C)CC3)cc2)cc1NC(N)=S. The monoisotopic (exact) mass is 384 g/mol. The molecule has 3 rings (SSSR count). The quantitative estimate of drug-likeness (QED) is 0.747. The first-order valence-corrected chi connectivity index (χ1v) is 9.69. The Bertz CT molecular complexity index is 770. The van der Waals surface area contributed by atoms with Crippen LogP contribution in [0, 0.1) is 6.92 Å². The largest absolute Gasteiger partial charge is 0.489 e. The molecule has 2 aromatic rings. The Morgan fingerprint density at radius 1 is 1.07 bits per heavy atom. The van der Waals surface area contributed by atoms with Gasteiger partial charge in [0, 0.05) is 44.5 Å². The topological polar surface area (TPSA) is 53.8 Å². The second-order valence-electron chi connectivity index (χ2n) is 7.15. The summed E-state index contributed by atoms with van der Waals surface area (Å²) in [6.45, 7) is 8.12. The molecule has 0 saturated carbocycles. The van der Waals surface area contributed by atoms with Crippen LogP contribution in [0.2, 0.25) is 0 Å². The molecule has 1 aliphatic rings. The molecule has 1 aliphatic heterocycles. The maximum Gasteiger partial charge on any atom is 0.168 e. The molecular weight excluding hydrogens is 356 g/mol. The number of anilines is 1. The van der Waals surface area contributed by atoms with Crippen molar-refractivity contribution in [1.29, 1.82) is 0 Å². The van der Waals surface area contributed by atoms with E-state index in [-0.39, 0.29) is 5.11 Å². The molecule has 0 unspecified atom stereocenters. The van der Waals surface area contributed by atoms with Crippen molar-refractivity contribution in [3.8, 4) is 5.75 Å². The Morgan fingerprint density at radius 2 is 1.74 bits per heavy atom. The molecule has 5 nitrogen and oxygen atoms in total. The maximum atomic E-state index is 5.93. The number of nitrogens with zero attached hydrogens (tertiary/aromatic N) is 2. The molecule has 6 heteroatoms. The second-order valence-corrected chi connectivity index (χ2v) is 7.59. The van der Waals surface area contributed by atoms with Gasteiger partial charge in [-0.1, -0.05) is 30.3 Å². The zero-order valence-corrected chi connectivity index (χ0v) is 16.9. The number of nitrogens with one attached hydrogen (secondary N) is 1. The van der Waals surface area contributed by atoms with E-state index in [1.807, 2.05) is 25.1 Å². The highest BCUT2D eigenvalue weighted by molar-refractivity contribution is 7.80. The van der Waals surface area contributed by atoms with E-state index in [4.69, 9.17) is 22.7 Å². The number of likely N-dealkylation sites (N-methyl/N-ethyl adjacent to an activating group) is 1. The van der Waals surface area contributed by atoms with E-state index in [1.165, 1.54) is 5.56 Å². The minimum absolute atomic E-state index is 0.256. The average molecular weight is 385 g/mol. The third-order valence-corrected chi connectivity index (χ3v) is 5.00. The van der Waals surface area contributed by atoms with Crippen LogP contribution in [0.25, 0.3) is 0 Å². The van der Waals surface area contributed by atoms with E-state index in [1.54, 1.807) is 0 Å². The first kappa shape index (κ1) is 19.6. The van der Waals surface area contributed by atoms with Crippen molar-refractivity contribution < 1.29 is 4.74 Å². The summed E-state index contributed by atoms with van der Waals surface area (Å²) in [5.41, 5.74) is 10.0. The van der Waals surface area contributed by atoms with Crippen LogP contribution in [0.1, 0.15) is 16.7 Å². The summed E-state index contributed by atoms with van der Waals surface area (Å²) in [5, 5.41) is 3.24. The van der Waals surface area contributed by atoms with Gasteiger partial charge >= 0.3 is 0 Å². The van der Waals surface area contributed by atoms with Crippen LogP contribution in [-0.4, -0.2) is 48.1 Å². The molecule has 27 heavy (non-hydrogen) atoms. The zero-order chi connectivity index (χ0) is 19.2. The fraction of sp³-hybridized carbons (Fsp3) is 0.381. The number of thiocarbonyl (C=S) groups is 1. The number of rotatable bonds is 6. The van der Waals surface area contributed by atoms with Gasteiger partial charge < -0.3 is 20.7 Å². The summed E-state index contributed by atoms with van der Waals surface area (Å²) in [7, 11) is 2.18. The number of hydrogen-bond donors (Lipinski definition) is 2. The highest BCUT2D eigenvalue weighted by Gasteiger charge is 2.13. The molecule has 0 aromatic heterocycles. The number of hydrogen-bond acceptors (Lipinski definition) is 4. The fourth-order valence-corrected chi connectivity index (χ4v) is 3.24. The van der Waals surface area contributed by atoms with Crippen LogP contribution in [0.5, 0.6) is 5.75 Å². The van der Waals surface area contributed by atoms with Gasteiger partial charge in [-0.05, 0) is 48.9 Å². The van der Waals surface area contributed by atoms with Crippen LogP contribution in [0.15, 0.2) is 42.5 Å². The summed E-state index contributed by atoms with van der Waals surface area (Å²) >= 11 is 4.92. The van der Waals surface area contributed by atoms with E-state index < -0.39 is 0 Å². The number of ether oxygens (including phenoxy) is 1. The molecule has 1 fully saturated rings. The smallest absolute Gasteiger partial charge is 0.168 e. The van der Waals surface area contributed by atoms with Crippen molar-refractivity contribution in [3.05, 3.63) is 59.2 Å². The van der Waals surface area contributed by atoms with Crippen LogP contribution >= 0.6 is 12.2 Å². The number of piperazine rings is 1. The van der Waals surface area contributed by atoms with Gasteiger partial charge in [-0.3, -0.25) is 4.90 Å². The predicted octanol–water partition coefficient (Wildman–Crippen LogP) is 2.98. The molecule has 0 bridgehead atoms. The van der Waals surface area contributed by atoms with Gasteiger partial charge in [0.25, 0.3) is 0 Å². The van der Waals surface area contributed by atoms with E-state index >= 15 is 0 Å². The lowest BCUT2D eigenvalue weighted by Crippen LogP contribution is -2.43. The van der Waals surface area contributed by atoms with Crippen molar-refractivity contribution in [1.82, 2.24) is 9.80 Å². The molecule has 0 atom stereocenters. The molecule has 0 aliphatic carbocycles. The first-order chi connectivity index (χ1) is 13.0. The second kappa shape index (κ2) is 9.17. The van der Waals surface area contributed by atoms with E-state index in [0.29, 0.717) is 6.61 Å². The predicted molar refractivity (Wildman–Crippen MR) is 115 cm³/mol. The molecule has 3 N–H and O–H groups in total. The van der Waals surface area contributed by atoms with Gasteiger partial charge in [-0.2, -0.15) is 0 Å². The third kappa shape index (κ3) is 5.92. The average Bonchev–Trinajstić information content (AvgIpc) is 2.65. The van der Waals surface area contributed by atoms with Crippen molar-refractivity contribution in [2.24, 2.45) is 5.73 Å². The molecule has 2 aromatic carbocycles.